The van der Waals surface area contributed by atoms with E-state index in [4.69, 9.17) is 4.89 Å². The van der Waals surface area contributed by atoms with E-state index in [1.807, 2.05) is 13.8 Å². The highest BCUT2D eigenvalue weighted by atomic mass is 31.1. The van der Waals surface area contributed by atoms with Crippen LogP contribution < -0.4 is 0 Å². The van der Waals surface area contributed by atoms with E-state index in [0.29, 0.717) is 0 Å². The number of hydrogen-bond donors (Lipinski definition) is 1. The summed E-state index contributed by atoms with van der Waals surface area (Å²) in [5.74, 6) is 0. The van der Waals surface area contributed by atoms with Crippen LogP contribution in [0.15, 0.2) is 0 Å². The van der Waals surface area contributed by atoms with Gasteiger partial charge in [0.2, 0.25) is 0 Å². The molecule has 0 saturated heterocycles. The van der Waals surface area contributed by atoms with Crippen molar-refractivity contribution < 1.29 is 9.46 Å². The summed E-state index contributed by atoms with van der Waals surface area (Å²) in [5, 5.41) is 0. The van der Waals surface area contributed by atoms with Crippen LogP contribution in [0.25, 0.3) is 0 Å². The van der Waals surface area contributed by atoms with E-state index < -0.39 is 8.03 Å². The van der Waals surface area contributed by atoms with Crippen molar-refractivity contribution in [1.82, 2.24) is 0 Å². The number of rotatable bonds is 3. The van der Waals surface area contributed by atoms with Gasteiger partial charge in [0.1, 0.15) is 0 Å². The van der Waals surface area contributed by atoms with Crippen molar-refractivity contribution in [3.8, 4) is 0 Å². The van der Waals surface area contributed by atoms with Crippen LogP contribution >= 0.6 is 8.03 Å². The largest absolute Gasteiger partial charge is 0.508 e. The Balaban J connectivity index is 3.52. The molecule has 0 spiro atoms. The van der Waals surface area contributed by atoms with E-state index in [9.17, 15) is 4.57 Å². The first-order valence-corrected chi connectivity index (χ1v) is 4.15. The molecule has 0 aromatic heterocycles. The molecular weight excluding hydrogens is 123 g/mol. The molecule has 0 bridgehead atoms. The van der Waals surface area contributed by atoms with Crippen molar-refractivity contribution in [2.75, 3.05) is 0 Å². The Labute approximate surface area is 50.8 Å². The fraction of sp³-hybridized carbons (Fsp3) is 1.00. The van der Waals surface area contributed by atoms with E-state index in [1.165, 1.54) is 0 Å². The first-order valence-electron chi connectivity index (χ1n) is 2.87. The van der Waals surface area contributed by atoms with Gasteiger partial charge in [-0.3, -0.25) is 0 Å². The third-order valence-electron chi connectivity index (χ3n) is 1.25. The first kappa shape index (κ1) is 8.06. The predicted molar refractivity (Wildman–Crippen MR) is 34.2 cm³/mol. The molecule has 0 heterocycles. The lowest BCUT2D eigenvalue weighted by molar-refractivity contribution is 0.483. The monoisotopic (exact) mass is 135 g/mol. The summed E-state index contributed by atoms with van der Waals surface area (Å²) in [6, 6.07) is 0. The minimum Gasteiger partial charge on any atom is -0.161 e. The van der Waals surface area contributed by atoms with Gasteiger partial charge in [-0.1, -0.05) is 13.8 Å². The molecule has 0 rings (SSSR count). The molecule has 0 aromatic rings. The highest BCUT2D eigenvalue weighted by molar-refractivity contribution is 7.38. The van der Waals surface area contributed by atoms with Gasteiger partial charge < -0.3 is 0 Å². The summed E-state index contributed by atoms with van der Waals surface area (Å²) in [6.07, 6.45) is 1.62. The lowest BCUT2D eigenvalue weighted by Gasteiger charge is -1.91. The second-order valence-electron chi connectivity index (χ2n) is 1.77. The summed E-state index contributed by atoms with van der Waals surface area (Å²) in [5.41, 5.74) is 0.0185. The molecule has 48 valence electrons. The molecule has 0 aliphatic heterocycles. The highest BCUT2D eigenvalue weighted by Gasteiger charge is 2.23. The molecule has 0 saturated carbocycles. The van der Waals surface area contributed by atoms with Gasteiger partial charge in [-0.05, 0) is 17.4 Å². The first-order chi connectivity index (χ1) is 3.72. The van der Waals surface area contributed by atoms with Crippen LogP contribution in [0, 0.1) is 0 Å². The predicted octanol–water partition coefficient (Wildman–Crippen LogP) is 1.91. The average molecular weight is 135 g/mol. The Morgan fingerprint density at radius 3 is 1.88 bits per heavy atom. The molecule has 0 amide bonds. The molecule has 0 aliphatic rings. The van der Waals surface area contributed by atoms with Gasteiger partial charge in [-0.25, -0.2) is 0 Å². The van der Waals surface area contributed by atoms with Gasteiger partial charge in [-0.2, -0.15) is 4.89 Å². The molecule has 1 unspecified atom stereocenters. The van der Waals surface area contributed by atoms with E-state index in [0.717, 1.165) is 12.8 Å². The minimum absolute atomic E-state index is 0.0185. The molecule has 0 aromatic carbocycles. The standard InChI is InChI=1S/C5H11O2P/c1-3-5(4-2)8(6)7/h5H,3-4H2,1-2H3/p+1. The highest BCUT2D eigenvalue weighted by Crippen LogP contribution is 2.27. The van der Waals surface area contributed by atoms with Crippen LogP contribution in [0.1, 0.15) is 26.7 Å². The van der Waals surface area contributed by atoms with Gasteiger partial charge in [-0.15, -0.1) is 0 Å². The quantitative estimate of drug-likeness (QED) is 0.600. The topological polar surface area (TPSA) is 37.3 Å². The Kier molecular flexibility index (Phi) is 4.02. The molecule has 0 fully saturated rings. The minimum atomic E-state index is -1.91. The summed E-state index contributed by atoms with van der Waals surface area (Å²) in [4.78, 5) is 8.52. The molecule has 1 N–H and O–H groups in total. The van der Waals surface area contributed by atoms with Crippen molar-refractivity contribution in [3.05, 3.63) is 0 Å². The van der Waals surface area contributed by atoms with Gasteiger partial charge in [0.15, 0.2) is 5.66 Å². The Morgan fingerprint density at radius 1 is 1.50 bits per heavy atom. The van der Waals surface area contributed by atoms with Crippen molar-refractivity contribution in [2.45, 2.75) is 32.3 Å². The summed E-state index contributed by atoms with van der Waals surface area (Å²) < 4.78 is 10.3. The second-order valence-corrected chi connectivity index (χ2v) is 3.11. The third kappa shape index (κ3) is 2.39. The van der Waals surface area contributed by atoms with Gasteiger partial charge >= 0.3 is 8.03 Å². The SMILES string of the molecule is CCC(CC)[P+](=O)O. The van der Waals surface area contributed by atoms with E-state index in [-0.39, 0.29) is 5.66 Å². The summed E-state index contributed by atoms with van der Waals surface area (Å²) in [7, 11) is -1.91. The maximum Gasteiger partial charge on any atom is 0.508 e. The molecule has 3 heteroatoms. The molecule has 0 radical (unpaired) electrons. The normalized spacial score (nSPS) is 12.2. The molecule has 8 heavy (non-hydrogen) atoms. The lowest BCUT2D eigenvalue weighted by atomic mass is 10.3. The van der Waals surface area contributed by atoms with Crippen molar-refractivity contribution >= 4 is 8.03 Å². The third-order valence-corrected chi connectivity index (χ3v) is 2.61. The molecular formula is C5H12O2P+. The van der Waals surface area contributed by atoms with Crippen LogP contribution in [0.5, 0.6) is 0 Å². The van der Waals surface area contributed by atoms with Crippen LogP contribution in [-0.2, 0) is 4.57 Å². The smallest absolute Gasteiger partial charge is 0.161 e. The van der Waals surface area contributed by atoms with Crippen molar-refractivity contribution in [3.63, 3.8) is 0 Å². The fourth-order valence-electron chi connectivity index (χ4n) is 0.601. The van der Waals surface area contributed by atoms with E-state index in [2.05, 4.69) is 0 Å². The van der Waals surface area contributed by atoms with Crippen molar-refractivity contribution in [1.29, 1.82) is 0 Å². The second kappa shape index (κ2) is 3.99. The van der Waals surface area contributed by atoms with Crippen LogP contribution in [0.3, 0.4) is 0 Å². The zero-order chi connectivity index (χ0) is 6.57. The molecule has 1 atom stereocenters. The van der Waals surface area contributed by atoms with Gasteiger partial charge in [0, 0.05) is 0 Å². The van der Waals surface area contributed by atoms with E-state index >= 15 is 0 Å². The Morgan fingerprint density at radius 2 is 1.88 bits per heavy atom. The lowest BCUT2D eigenvalue weighted by Crippen LogP contribution is -1.95. The van der Waals surface area contributed by atoms with Gasteiger partial charge in [0.25, 0.3) is 0 Å². The zero-order valence-corrected chi connectivity index (χ0v) is 6.19. The van der Waals surface area contributed by atoms with E-state index in [1.54, 1.807) is 0 Å². The van der Waals surface area contributed by atoms with Crippen LogP contribution in [0.2, 0.25) is 0 Å². The number of hydrogen-bond acceptors (Lipinski definition) is 1. The Bertz CT molecular complexity index is 78.5. The maximum atomic E-state index is 10.3. The van der Waals surface area contributed by atoms with Crippen LogP contribution in [-0.4, -0.2) is 10.6 Å². The summed E-state index contributed by atoms with van der Waals surface area (Å²) in [6.45, 7) is 3.86. The maximum absolute atomic E-state index is 10.3. The fourth-order valence-corrected chi connectivity index (χ4v) is 1.23. The summed E-state index contributed by atoms with van der Waals surface area (Å²) >= 11 is 0. The Hall–Kier alpha value is 0.0600. The molecule has 2 nitrogen and oxygen atoms in total. The average Bonchev–Trinajstić information content (AvgIpc) is 1.69. The van der Waals surface area contributed by atoms with Crippen LogP contribution in [0.4, 0.5) is 0 Å². The zero-order valence-electron chi connectivity index (χ0n) is 5.29. The van der Waals surface area contributed by atoms with Gasteiger partial charge in [0.05, 0.1) is 0 Å². The van der Waals surface area contributed by atoms with Crippen molar-refractivity contribution in [2.24, 2.45) is 0 Å². The molecule has 0 aliphatic carbocycles.